The molecule has 3 N–H and O–H groups in total. The summed E-state index contributed by atoms with van der Waals surface area (Å²) in [6.07, 6.45) is 2.08. The van der Waals surface area contributed by atoms with Gasteiger partial charge in [-0.15, -0.1) is 24.0 Å². The van der Waals surface area contributed by atoms with Crippen LogP contribution in [0.3, 0.4) is 0 Å². The molecular weight excluding hydrogens is 482 g/mol. The molecule has 0 bridgehead atoms. The van der Waals surface area contributed by atoms with Crippen LogP contribution in [0.5, 0.6) is 0 Å². The van der Waals surface area contributed by atoms with Crippen LogP contribution in [0.2, 0.25) is 0 Å². The average Bonchev–Trinajstić information content (AvgIpc) is 3.51. The van der Waals surface area contributed by atoms with Crippen LogP contribution in [-0.4, -0.2) is 32.0 Å². The van der Waals surface area contributed by atoms with Gasteiger partial charge in [0.15, 0.2) is 5.96 Å². The zero-order valence-corrected chi connectivity index (χ0v) is 19.1. The maximum atomic E-state index is 13.6. The number of guanidine groups is 1. The Kier molecular flexibility index (Phi) is 8.43. The molecule has 2 aromatic rings. The fraction of sp³-hybridized carbons (Fsp3) is 0.364. The van der Waals surface area contributed by atoms with Gasteiger partial charge in [-0.3, -0.25) is 4.79 Å². The highest BCUT2D eigenvalue weighted by Gasteiger charge is 2.44. The van der Waals surface area contributed by atoms with Gasteiger partial charge in [0.25, 0.3) is 5.91 Å². The van der Waals surface area contributed by atoms with E-state index < -0.39 is 0 Å². The molecule has 2 aromatic carbocycles. The molecule has 1 amide bonds. The first-order valence-electron chi connectivity index (χ1n) is 9.65. The van der Waals surface area contributed by atoms with E-state index in [1.165, 1.54) is 6.07 Å². The number of hydrogen-bond donors (Lipinski definition) is 3. The van der Waals surface area contributed by atoms with Crippen molar-refractivity contribution >= 4 is 35.8 Å². The molecule has 0 aliphatic heterocycles. The van der Waals surface area contributed by atoms with Gasteiger partial charge in [-0.25, -0.2) is 9.38 Å². The lowest BCUT2D eigenvalue weighted by molar-refractivity contribution is 0.0963. The Morgan fingerprint density at radius 2 is 1.90 bits per heavy atom. The minimum absolute atomic E-state index is 0. The summed E-state index contributed by atoms with van der Waals surface area (Å²) in [5, 5.41) is 9.28. The number of hydrogen-bond acceptors (Lipinski definition) is 2. The van der Waals surface area contributed by atoms with Crippen LogP contribution < -0.4 is 16.0 Å². The Balaban J connectivity index is 0.00000300. The number of carbonyl (C=O) groups excluding carboxylic acids is 1. The number of benzene rings is 2. The first kappa shape index (κ1) is 23.1. The Morgan fingerprint density at radius 3 is 2.55 bits per heavy atom. The van der Waals surface area contributed by atoms with Crippen LogP contribution in [0.1, 0.15) is 41.3 Å². The number of nitrogens with one attached hydrogen (secondary N) is 3. The number of amides is 1. The van der Waals surface area contributed by atoms with E-state index in [0.29, 0.717) is 18.7 Å². The van der Waals surface area contributed by atoms with Gasteiger partial charge >= 0.3 is 0 Å². The summed E-state index contributed by atoms with van der Waals surface area (Å²) in [4.78, 5) is 16.4. The quantitative estimate of drug-likeness (QED) is 0.303. The minimum atomic E-state index is -0.194. The highest BCUT2D eigenvalue weighted by molar-refractivity contribution is 14.0. The van der Waals surface area contributed by atoms with E-state index in [0.717, 1.165) is 36.5 Å². The molecule has 0 atom stereocenters. The molecule has 3 rings (SSSR count). The van der Waals surface area contributed by atoms with Crippen molar-refractivity contribution in [3.8, 4) is 0 Å². The van der Waals surface area contributed by atoms with Gasteiger partial charge in [0.1, 0.15) is 5.82 Å². The third-order valence-electron chi connectivity index (χ3n) is 5.06. The van der Waals surface area contributed by atoms with E-state index in [9.17, 15) is 9.18 Å². The minimum Gasteiger partial charge on any atom is -0.357 e. The summed E-state index contributed by atoms with van der Waals surface area (Å²) in [5.41, 5.74) is 2.60. The SMILES string of the molecule is CCNC(=NCc1cccc(C(=O)NC)c1)NCC1(c2cccc(F)c2)CC1.I. The first-order chi connectivity index (χ1) is 13.6. The summed E-state index contributed by atoms with van der Waals surface area (Å²) < 4.78 is 13.6. The highest BCUT2D eigenvalue weighted by atomic mass is 127. The summed E-state index contributed by atoms with van der Waals surface area (Å²) in [7, 11) is 1.62. The number of carbonyl (C=O) groups is 1. The summed E-state index contributed by atoms with van der Waals surface area (Å²) in [6.45, 7) is 3.94. The molecule has 7 heteroatoms. The molecular formula is C22H28FIN4O. The second-order valence-electron chi connectivity index (χ2n) is 7.12. The molecule has 1 fully saturated rings. The maximum Gasteiger partial charge on any atom is 0.251 e. The van der Waals surface area contributed by atoms with Gasteiger partial charge in [-0.2, -0.15) is 0 Å². The van der Waals surface area contributed by atoms with Crippen molar-refractivity contribution in [1.82, 2.24) is 16.0 Å². The van der Waals surface area contributed by atoms with Crippen molar-refractivity contribution in [2.24, 2.45) is 4.99 Å². The predicted molar refractivity (Wildman–Crippen MR) is 125 cm³/mol. The van der Waals surface area contributed by atoms with Crippen molar-refractivity contribution in [3.05, 3.63) is 71.0 Å². The molecule has 0 heterocycles. The van der Waals surface area contributed by atoms with Crippen LogP contribution in [0, 0.1) is 5.82 Å². The van der Waals surface area contributed by atoms with E-state index in [4.69, 9.17) is 0 Å². The average molecular weight is 510 g/mol. The smallest absolute Gasteiger partial charge is 0.251 e. The molecule has 156 valence electrons. The van der Waals surface area contributed by atoms with Crippen molar-refractivity contribution in [2.75, 3.05) is 20.1 Å². The number of halogens is 2. The Labute approximate surface area is 188 Å². The third kappa shape index (κ3) is 6.16. The Morgan fingerprint density at radius 1 is 1.14 bits per heavy atom. The van der Waals surface area contributed by atoms with Crippen molar-refractivity contribution < 1.29 is 9.18 Å². The summed E-state index contributed by atoms with van der Waals surface area (Å²) in [6, 6.07) is 14.3. The predicted octanol–water partition coefficient (Wildman–Crippen LogP) is 3.59. The molecule has 0 radical (unpaired) electrons. The Bertz CT molecular complexity index is 867. The van der Waals surface area contributed by atoms with Crippen LogP contribution in [0.25, 0.3) is 0 Å². The Hall–Kier alpha value is -2.16. The van der Waals surface area contributed by atoms with Crippen molar-refractivity contribution in [1.29, 1.82) is 0 Å². The largest absolute Gasteiger partial charge is 0.357 e. The van der Waals surface area contributed by atoms with Crippen molar-refractivity contribution in [2.45, 2.75) is 31.7 Å². The van der Waals surface area contributed by atoms with Crippen LogP contribution in [0.4, 0.5) is 4.39 Å². The fourth-order valence-electron chi connectivity index (χ4n) is 3.26. The number of aliphatic imine (C=N–C) groups is 1. The lowest BCUT2D eigenvalue weighted by Crippen LogP contribution is -2.41. The van der Waals surface area contributed by atoms with E-state index >= 15 is 0 Å². The monoisotopic (exact) mass is 510 g/mol. The topological polar surface area (TPSA) is 65.5 Å². The third-order valence-corrected chi connectivity index (χ3v) is 5.06. The van der Waals surface area contributed by atoms with Crippen LogP contribution >= 0.6 is 24.0 Å². The molecule has 0 unspecified atom stereocenters. The van der Waals surface area contributed by atoms with Gasteiger partial charge in [-0.05, 0) is 55.2 Å². The second-order valence-corrected chi connectivity index (χ2v) is 7.12. The number of rotatable bonds is 7. The van der Waals surface area contributed by atoms with Gasteiger partial charge in [0.2, 0.25) is 0 Å². The summed E-state index contributed by atoms with van der Waals surface area (Å²) >= 11 is 0. The lowest BCUT2D eigenvalue weighted by atomic mass is 9.96. The molecule has 0 aromatic heterocycles. The molecule has 1 aliphatic rings. The normalized spacial score (nSPS) is 14.5. The van der Waals surface area contributed by atoms with Crippen LogP contribution in [-0.2, 0) is 12.0 Å². The molecule has 0 spiro atoms. The molecule has 29 heavy (non-hydrogen) atoms. The lowest BCUT2D eigenvalue weighted by Gasteiger charge is -2.19. The van der Waals surface area contributed by atoms with Gasteiger partial charge in [0.05, 0.1) is 6.54 Å². The fourth-order valence-corrected chi connectivity index (χ4v) is 3.26. The van der Waals surface area contributed by atoms with Gasteiger partial charge in [-0.1, -0.05) is 24.3 Å². The molecule has 5 nitrogen and oxygen atoms in total. The van der Waals surface area contributed by atoms with E-state index in [1.807, 2.05) is 31.2 Å². The summed E-state index contributed by atoms with van der Waals surface area (Å²) in [5.74, 6) is 0.414. The van der Waals surface area contributed by atoms with E-state index in [-0.39, 0.29) is 41.1 Å². The zero-order valence-electron chi connectivity index (χ0n) is 16.8. The van der Waals surface area contributed by atoms with Gasteiger partial charge in [0, 0.05) is 31.1 Å². The van der Waals surface area contributed by atoms with E-state index in [2.05, 4.69) is 20.9 Å². The van der Waals surface area contributed by atoms with Gasteiger partial charge < -0.3 is 16.0 Å². The van der Waals surface area contributed by atoms with Crippen LogP contribution in [0.15, 0.2) is 53.5 Å². The van der Waals surface area contributed by atoms with Crippen molar-refractivity contribution in [3.63, 3.8) is 0 Å². The number of nitrogens with zero attached hydrogens (tertiary/aromatic N) is 1. The molecule has 1 saturated carbocycles. The second kappa shape index (κ2) is 10.6. The maximum absolute atomic E-state index is 13.6. The zero-order chi connectivity index (χ0) is 20.0. The molecule has 0 saturated heterocycles. The standard InChI is InChI=1S/C22H27FN4O.HI/c1-3-25-21(26-14-16-6-4-7-17(12-16)20(28)24-2)27-15-22(10-11-22)18-8-5-9-19(23)13-18;/h4-9,12-13H,3,10-11,14-15H2,1-2H3,(H,24,28)(H2,25,26,27);1H. The van der Waals surface area contributed by atoms with E-state index in [1.54, 1.807) is 25.2 Å². The first-order valence-corrected chi connectivity index (χ1v) is 9.65. The highest BCUT2D eigenvalue weighted by Crippen LogP contribution is 2.47. The molecule has 1 aliphatic carbocycles.